The van der Waals surface area contributed by atoms with E-state index < -0.39 is 0 Å². The Morgan fingerprint density at radius 3 is 2.96 bits per heavy atom. The number of rotatable bonds is 6. The Labute approximate surface area is 160 Å². The highest BCUT2D eigenvalue weighted by Crippen LogP contribution is 2.20. The van der Waals surface area contributed by atoms with Crippen LogP contribution in [-0.2, 0) is 11.2 Å². The van der Waals surface area contributed by atoms with Crippen LogP contribution < -0.4 is 11.0 Å². The molecule has 138 valence electrons. The fourth-order valence-corrected chi connectivity index (χ4v) is 3.64. The quantitative estimate of drug-likeness (QED) is 0.422. The molecule has 0 aliphatic carbocycles. The van der Waals surface area contributed by atoms with Gasteiger partial charge in [-0.15, -0.1) is 21.5 Å². The molecule has 27 heavy (non-hydrogen) atoms. The van der Waals surface area contributed by atoms with Crippen LogP contribution in [0, 0.1) is 6.92 Å². The van der Waals surface area contributed by atoms with Crippen LogP contribution in [0.1, 0.15) is 16.6 Å². The molecule has 0 radical (unpaired) electrons. The number of aryl methyl sites for hydroxylation is 1. The Hall–Kier alpha value is -2.92. The molecule has 3 N–H and O–H groups in total. The van der Waals surface area contributed by atoms with Crippen LogP contribution in [0.15, 0.2) is 38.0 Å². The fraction of sp³-hybridized carbons (Fsp3) is 0.188. The van der Waals surface area contributed by atoms with Crippen molar-refractivity contribution in [1.29, 1.82) is 0 Å². The third-order valence-electron chi connectivity index (χ3n) is 3.57. The van der Waals surface area contributed by atoms with Gasteiger partial charge in [0.25, 0.3) is 5.22 Å². The van der Waals surface area contributed by atoms with E-state index in [4.69, 9.17) is 4.42 Å². The van der Waals surface area contributed by atoms with Crippen LogP contribution in [-0.4, -0.2) is 36.8 Å². The lowest BCUT2D eigenvalue weighted by Crippen LogP contribution is -2.13. The number of aromatic amines is 2. The standard InChI is InChI=1S/C16H14N6O3S2/c1-8-17-10(6-26-8)5-14-21-22-16(25-14)27-7-13(23)18-9-2-3-11-12(4-9)20-15(24)19-11/h2-4,6H,5,7H2,1H3,(H,18,23)(H2,19,20,24). The number of thiazole rings is 1. The number of nitrogens with zero attached hydrogens (tertiary/aromatic N) is 3. The number of H-pyrrole nitrogens is 2. The summed E-state index contributed by atoms with van der Waals surface area (Å²) in [4.78, 5) is 33.0. The first kappa shape index (κ1) is 17.5. The summed E-state index contributed by atoms with van der Waals surface area (Å²) in [6, 6.07) is 5.13. The summed E-state index contributed by atoms with van der Waals surface area (Å²) < 4.78 is 5.54. The van der Waals surface area contributed by atoms with E-state index in [1.54, 1.807) is 29.5 Å². The third kappa shape index (κ3) is 4.26. The van der Waals surface area contributed by atoms with Gasteiger partial charge in [-0.05, 0) is 25.1 Å². The van der Waals surface area contributed by atoms with Crippen LogP contribution in [0.3, 0.4) is 0 Å². The molecule has 9 nitrogen and oxygen atoms in total. The molecule has 0 unspecified atom stereocenters. The molecule has 4 rings (SSSR count). The van der Waals surface area contributed by atoms with Crippen LogP contribution in [0.2, 0.25) is 0 Å². The van der Waals surface area contributed by atoms with Crippen molar-refractivity contribution in [2.45, 2.75) is 18.6 Å². The van der Waals surface area contributed by atoms with Crippen LogP contribution in [0.5, 0.6) is 0 Å². The van der Waals surface area contributed by atoms with Crippen LogP contribution in [0.4, 0.5) is 5.69 Å². The minimum atomic E-state index is -0.288. The molecule has 3 heterocycles. The molecule has 0 atom stereocenters. The van der Waals surface area contributed by atoms with Gasteiger partial charge >= 0.3 is 5.69 Å². The summed E-state index contributed by atoms with van der Waals surface area (Å²) in [5.74, 6) is 0.372. The first-order valence-corrected chi connectivity index (χ1v) is 9.80. The molecule has 0 saturated carbocycles. The zero-order valence-corrected chi connectivity index (χ0v) is 15.7. The van der Waals surface area contributed by atoms with E-state index in [9.17, 15) is 9.59 Å². The van der Waals surface area contributed by atoms with Crippen molar-refractivity contribution in [3.05, 3.63) is 50.7 Å². The molecule has 0 spiro atoms. The first-order chi connectivity index (χ1) is 13.0. The zero-order chi connectivity index (χ0) is 18.8. The Morgan fingerprint density at radius 2 is 2.15 bits per heavy atom. The summed E-state index contributed by atoms with van der Waals surface area (Å²) in [5, 5.41) is 14.0. The van der Waals surface area contributed by atoms with Gasteiger partial charge in [0.1, 0.15) is 0 Å². The van der Waals surface area contributed by atoms with E-state index in [0.717, 1.165) is 22.5 Å². The van der Waals surface area contributed by atoms with Crippen molar-refractivity contribution < 1.29 is 9.21 Å². The van der Waals surface area contributed by atoms with Gasteiger partial charge in [0.15, 0.2) is 0 Å². The Kier molecular flexibility index (Phi) is 4.77. The molecular formula is C16H14N6O3S2. The van der Waals surface area contributed by atoms with Gasteiger partial charge in [0.2, 0.25) is 11.8 Å². The number of hydrogen-bond donors (Lipinski definition) is 3. The Balaban J connectivity index is 1.32. The van der Waals surface area contributed by atoms with E-state index in [-0.39, 0.29) is 17.3 Å². The number of carbonyl (C=O) groups is 1. The largest absolute Gasteiger partial charge is 0.416 e. The highest BCUT2D eigenvalue weighted by atomic mass is 32.2. The van der Waals surface area contributed by atoms with Crippen LogP contribution >= 0.6 is 23.1 Å². The SMILES string of the molecule is Cc1nc(Cc2nnc(SCC(=O)Nc3ccc4[nH]c(=O)[nH]c4c3)o2)cs1. The predicted octanol–water partition coefficient (Wildman–Crippen LogP) is 2.33. The summed E-state index contributed by atoms with van der Waals surface area (Å²) >= 11 is 2.72. The van der Waals surface area contributed by atoms with Crippen LogP contribution in [0.25, 0.3) is 11.0 Å². The van der Waals surface area contributed by atoms with E-state index >= 15 is 0 Å². The minimum Gasteiger partial charge on any atom is -0.416 e. The number of carbonyl (C=O) groups excluding carboxylic acids is 1. The average Bonchev–Trinajstić information content (AvgIpc) is 3.33. The lowest BCUT2D eigenvalue weighted by molar-refractivity contribution is -0.113. The van der Waals surface area contributed by atoms with Gasteiger partial charge < -0.3 is 19.7 Å². The molecule has 0 fully saturated rings. The fourth-order valence-electron chi connectivity index (χ4n) is 2.45. The monoisotopic (exact) mass is 402 g/mol. The number of fused-ring (bicyclic) bond motifs is 1. The van der Waals surface area contributed by atoms with Crippen molar-refractivity contribution in [3.63, 3.8) is 0 Å². The topological polar surface area (TPSA) is 130 Å². The number of nitrogens with one attached hydrogen (secondary N) is 3. The van der Waals surface area contributed by atoms with Gasteiger partial charge in [-0.1, -0.05) is 11.8 Å². The summed E-state index contributed by atoms with van der Waals surface area (Å²) in [6.07, 6.45) is 0.471. The first-order valence-electron chi connectivity index (χ1n) is 7.93. The van der Waals surface area contributed by atoms with Crippen molar-refractivity contribution in [2.75, 3.05) is 11.1 Å². The Morgan fingerprint density at radius 1 is 1.30 bits per heavy atom. The number of aromatic nitrogens is 5. The van der Waals surface area contributed by atoms with E-state index in [1.165, 1.54) is 0 Å². The van der Waals surface area contributed by atoms with Crippen molar-refractivity contribution in [1.82, 2.24) is 25.1 Å². The summed E-state index contributed by atoms with van der Waals surface area (Å²) in [7, 11) is 0. The number of imidazole rings is 1. The molecule has 3 aromatic heterocycles. The Bertz CT molecular complexity index is 1160. The number of benzene rings is 1. The molecule has 4 aromatic rings. The van der Waals surface area contributed by atoms with E-state index in [1.807, 2.05) is 12.3 Å². The van der Waals surface area contributed by atoms with Gasteiger partial charge in [-0.3, -0.25) is 4.79 Å². The number of amides is 1. The maximum absolute atomic E-state index is 12.1. The smallest absolute Gasteiger partial charge is 0.323 e. The second kappa shape index (κ2) is 7.37. The summed E-state index contributed by atoms with van der Waals surface area (Å²) in [6.45, 7) is 1.94. The zero-order valence-electron chi connectivity index (χ0n) is 14.1. The summed E-state index contributed by atoms with van der Waals surface area (Å²) in [5.41, 5.74) is 2.50. The van der Waals surface area contributed by atoms with Gasteiger partial charge in [-0.25, -0.2) is 9.78 Å². The van der Waals surface area contributed by atoms with E-state index in [0.29, 0.717) is 34.3 Å². The average molecular weight is 402 g/mol. The highest BCUT2D eigenvalue weighted by molar-refractivity contribution is 7.99. The lowest BCUT2D eigenvalue weighted by Gasteiger charge is -2.03. The van der Waals surface area contributed by atoms with Gasteiger partial charge in [-0.2, -0.15) is 0 Å². The predicted molar refractivity (Wildman–Crippen MR) is 102 cm³/mol. The normalized spacial score (nSPS) is 11.1. The van der Waals surface area contributed by atoms with E-state index in [2.05, 4.69) is 30.5 Å². The second-order valence-electron chi connectivity index (χ2n) is 5.67. The molecule has 0 aliphatic heterocycles. The van der Waals surface area contributed by atoms with Crippen molar-refractivity contribution in [3.8, 4) is 0 Å². The number of thioether (sulfide) groups is 1. The molecule has 1 aromatic carbocycles. The maximum atomic E-state index is 12.1. The molecule has 0 saturated heterocycles. The second-order valence-corrected chi connectivity index (χ2v) is 7.66. The molecule has 11 heteroatoms. The van der Waals surface area contributed by atoms with Gasteiger partial charge in [0, 0.05) is 11.1 Å². The number of anilines is 1. The molecular weight excluding hydrogens is 388 g/mol. The molecule has 0 bridgehead atoms. The molecule has 1 amide bonds. The third-order valence-corrected chi connectivity index (χ3v) is 5.21. The highest BCUT2D eigenvalue weighted by Gasteiger charge is 2.12. The minimum absolute atomic E-state index is 0.124. The number of hydrogen-bond acceptors (Lipinski definition) is 8. The lowest BCUT2D eigenvalue weighted by atomic mass is 10.3. The molecule has 0 aliphatic rings. The van der Waals surface area contributed by atoms with Crippen molar-refractivity contribution in [2.24, 2.45) is 0 Å². The maximum Gasteiger partial charge on any atom is 0.323 e. The van der Waals surface area contributed by atoms with Gasteiger partial charge in [0.05, 0.1) is 33.9 Å². The van der Waals surface area contributed by atoms with Crippen molar-refractivity contribution >= 4 is 45.7 Å².